The lowest BCUT2D eigenvalue weighted by atomic mass is 10.2. The molecular weight excluding hydrogens is 446 g/mol. The lowest BCUT2D eigenvalue weighted by molar-refractivity contribution is -0.111. The average Bonchev–Trinajstić information content (AvgIpc) is 3.52. The average molecular weight is 466 g/mol. The van der Waals surface area contributed by atoms with Gasteiger partial charge in [-0.05, 0) is 36.8 Å². The van der Waals surface area contributed by atoms with Crippen LogP contribution in [0.5, 0.6) is 5.75 Å². The summed E-state index contributed by atoms with van der Waals surface area (Å²) < 4.78 is 5.78. The minimum absolute atomic E-state index is 0.300. The fourth-order valence-electron chi connectivity index (χ4n) is 2.81. The second kappa shape index (κ2) is 9.58. The minimum atomic E-state index is -0.544. The van der Waals surface area contributed by atoms with Gasteiger partial charge in [-0.2, -0.15) is 0 Å². The first kappa shape index (κ1) is 21.5. The highest BCUT2D eigenvalue weighted by Crippen LogP contribution is 2.25. The Balaban J connectivity index is 1.34. The number of rotatable bonds is 8. The van der Waals surface area contributed by atoms with E-state index in [0.29, 0.717) is 28.9 Å². The molecule has 3 aromatic heterocycles. The molecule has 0 aliphatic heterocycles. The molecule has 8 nitrogen and oxygen atoms in total. The molecule has 0 radical (unpaired) electrons. The number of hydrogen-bond donors (Lipinski definition) is 3. The molecule has 0 saturated carbocycles. The number of H-pyrrole nitrogens is 1. The van der Waals surface area contributed by atoms with Gasteiger partial charge in [0.15, 0.2) is 5.13 Å². The van der Waals surface area contributed by atoms with Crippen molar-refractivity contribution in [3.8, 4) is 17.0 Å². The Hall–Kier alpha value is -3.76. The molecule has 10 heteroatoms. The molecule has 0 saturated heterocycles. The molecule has 0 fully saturated rings. The Morgan fingerprint density at radius 3 is 2.84 bits per heavy atom. The van der Waals surface area contributed by atoms with Gasteiger partial charge in [0, 0.05) is 28.6 Å². The van der Waals surface area contributed by atoms with Crippen LogP contribution < -0.4 is 15.8 Å². The normalized spacial score (nSPS) is 11.0. The first-order valence-corrected chi connectivity index (χ1v) is 11.3. The van der Waals surface area contributed by atoms with Crippen molar-refractivity contribution in [1.82, 2.24) is 15.0 Å². The van der Waals surface area contributed by atoms with Crippen LogP contribution >= 0.6 is 22.7 Å². The van der Waals surface area contributed by atoms with Gasteiger partial charge in [-0.15, -0.1) is 22.7 Å². The molecule has 1 aromatic carbocycles. The molecule has 4 aromatic rings. The molecule has 4 N–H and O–H groups in total. The van der Waals surface area contributed by atoms with Crippen LogP contribution in [-0.4, -0.2) is 26.8 Å². The summed E-state index contributed by atoms with van der Waals surface area (Å²) in [7, 11) is 0. The monoisotopic (exact) mass is 465 g/mol. The topological polar surface area (TPSA) is 123 Å². The van der Waals surface area contributed by atoms with Crippen LogP contribution in [0.1, 0.15) is 26.8 Å². The molecule has 3 heterocycles. The van der Waals surface area contributed by atoms with E-state index in [0.717, 1.165) is 21.8 Å². The summed E-state index contributed by atoms with van der Waals surface area (Å²) in [6.45, 7) is 2.35. The predicted molar refractivity (Wildman–Crippen MR) is 126 cm³/mol. The lowest BCUT2D eigenvalue weighted by Crippen LogP contribution is -2.10. The summed E-state index contributed by atoms with van der Waals surface area (Å²) in [6, 6.07) is 9.08. The van der Waals surface area contributed by atoms with Crippen LogP contribution in [0.2, 0.25) is 0 Å². The number of carbonyl (C=O) groups excluding carboxylic acids is 2. The summed E-state index contributed by atoms with van der Waals surface area (Å²) in [5.74, 6) is -0.149. The Bertz CT molecular complexity index is 1290. The number of nitrogens with zero attached hydrogens (tertiary/aromatic N) is 2. The van der Waals surface area contributed by atoms with Crippen molar-refractivity contribution < 1.29 is 14.3 Å². The quantitative estimate of drug-likeness (QED) is 0.336. The number of hydrogen-bond acceptors (Lipinski definition) is 7. The zero-order chi connectivity index (χ0) is 22.5. The number of nitrogens with two attached hydrogens (primary N) is 1. The molecular formula is C22H19N5O3S2. The molecule has 0 aliphatic carbocycles. The van der Waals surface area contributed by atoms with Gasteiger partial charge >= 0.3 is 0 Å². The van der Waals surface area contributed by atoms with Crippen molar-refractivity contribution in [3.05, 3.63) is 75.3 Å². The van der Waals surface area contributed by atoms with Crippen LogP contribution in [0.15, 0.2) is 53.4 Å². The van der Waals surface area contributed by atoms with Gasteiger partial charge in [0.05, 0.1) is 16.4 Å². The molecule has 0 spiro atoms. The van der Waals surface area contributed by atoms with Crippen LogP contribution in [0.4, 0.5) is 5.13 Å². The third-order valence-electron chi connectivity index (χ3n) is 4.32. The van der Waals surface area contributed by atoms with Crippen molar-refractivity contribution in [3.63, 3.8) is 0 Å². The zero-order valence-electron chi connectivity index (χ0n) is 17.0. The maximum Gasteiger partial charge on any atom is 0.265 e. The number of thiazole rings is 2. The summed E-state index contributed by atoms with van der Waals surface area (Å²) >= 11 is 2.87. The summed E-state index contributed by atoms with van der Waals surface area (Å²) in [5.41, 5.74) is 8.63. The van der Waals surface area contributed by atoms with Gasteiger partial charge in [-0.3, -0.25) is 14.9 Å². The maximum atomic E-state index is 12.3. The van der Waals surface area contributed by atoms with Gasteiger partial charge in [0.1, 0.15) is 18.1 Å². The third-order valence-corrected chi connectivity index (χ3v) is 5.90. The maximum absolute atomic E-state index is 12.3. The van der Waals surface area contributed by atoms with E-state index in [4.69, 9.17) is 10.5 Å². The molecule has 2 amide bonds. The van der Waals surface area contributed by atoms with E-state index in [2.05, 4.69) is 20.3 Å². The largest absolute Gasteiger partial charge is 0.487 e. The Morgan fingerprint density at radius 2 is 2.09 bits per heavy atom. The highest BCUT2D eigenvalue weighted by Gasteiger charge is 2.10. The molecule has 32 heavy (non-hydrogen) atoms. The van der Waals surface area contributed by atoms with Gasteiger partial charge in [0.25, 0.3) is 5.91 Å². The van der Waals surface area contributed by atoms with E-state index in [1.165, 1.54) is 17.4 Å². The summed E-state index contributed by atoms with van der Waals surface area (Å²) in [4.78, 5) is 35.0. The van der Waals surface area contributed by atoms with Crippen molar-refractivity contribution in [2.45, 2.75) is 13.5 Å². The number of ether oxygens (including phenoxy) is 1. The Morgan fingerprint density at radius 1 is 1.22 bits per heavy atom. The number of nitrogens with one attached hydrogen (secondary N) is 2. The number of aryl methyl sites for hydroxylation is 1. The van der Waals surface area contributed by atoms with E-state index < -0.39 is 5.91 Å². The van der Waals surface area contributed by atoms with Crippen molar-refractivity contribution in [2.24, 2.45) is 5.73 Å². The number of aromatic amines is 1. The molecule has 0 bridgehead atoms. The fourth-order valence-corrected chi connectivity index (χ4v) is 4.13. The second-order valence-corrected chi connectivity index (χ2v) is 8.67. The van der Waals surface area contributed by atoms with Crippen LogP contribution in [0, 0.1) is 6.92 Å². The van der Waals surface area contributed by atoms with Crippen molar-refractivity contribution >= 4 is 45.7 Å². The lowest BCUT2D eigenvalue weighted by Gasteiger charge is -2.05. The van der Waals surface area contributed by atoms with Gasteiger partial charge in [0.2, 0.25) is 5.91 Å². The van der Waals surface area contributed by atoms with Crippen LogP contribution in [-0.2, 0) is 11.4 Å². The smallest absolute Gasteiger partial charge is 0.265 e. The van der Waals surface area contributed by atoms with E-state index in [9.17, 15) is 9.59 Å². The van der Waals surface area contributed by atoms with Gasteiger partial charge < -0.3 is 15.5 Å². The number of primary amides is 1. The van der Waals surface area contributed by atoms with Gasteiger partial charge in [-0.25, -0.2) is 9.97 Å². The number of amides is 2. The molecule has 0 aliphatic rings. The SMILES string of the molecule is Cc1nc(COc2cccc(/C=C/C(=O)Nc3nc(-c4c[nH]c(C(N)=O)c4)cs3)c2)cs1. The van der Waals surface area contributed by atoms with Crippen molar-refractivity contribution in [1.29, 1.82) is 0 Å². The predicted octanol–water partition coefficient (Wildman–Crippen LogP) is 4.23. The van der Waals surface area contributed by atoms with Crippen LogP contribution in [0.3, 0.4) is 0 Å². The fraction of sp³-hybridized carbons (Fsp3) is 0.0909. The number of anilines is 1. The standard InChI is InChI=1S/C22H19N5O3S2/c1-13-25-16(11-31-13)10-30-17-4-2-3-14(7-17)5-6-20(28)27-22-26-19(12-32-22)15-8-18(21(23)29)24-9-15/h2-9,11-12,24H,10H2,1H3,(H2,23,29)(H,26,27,28)/b6-5+. The molecule has 0 unspecified atom stereocenters. The van der Waals surface area contributed by atoms with Gasteiger partial charge in [-0.1, -0.05) is 12.1 Å². The van der Waals surface area contributed by atoms with E-state index in [1.54, 1.807) is 35.1 Å². The van der Waals surface area contributed by atoms with Crippen molar-refractivity contribution in [2.75, 3.05) is 5.32 Å². The van der Waals surface area contributed by atoms with E-state index >= 15 is 0 Å². The van der Waals surface area contributed by atoms with Crippen LogP contribution in [0.25, 0.3) is 17.3 Å². The Labute approximate surface area is 191 Å². The molecule has 4 rings (SSSR count). The number of carbonyl (C=O) groups is 2. The first-order chi connectivity index (χ1) is 15.5. The zero-order valence-corrected chi connectivity index (χ0v) is 18.6. The minimum Gasteiger partial charge on any atom is -0.487 e. The van der Waals surface area contributed by atoms with E-state index in [1.807, 2.05) is 36.6 Å². The number of aromatic nitrogens is 3. The second-order valence-electron chi connectivity index (χ2n) is 6.75. The Kier molecular flexibility index (Phi) is 6.43. The number of benzene rings is 1. The molecule has 0 atom stereocenters. The summed E-state index contributed by atoms with van der Waals surface area (Å²) in [5, 5.41) is 7.95. The third kappa shape index (κ3) is 5.48. The molecule has 162 valence electrons. The van der Waals surface area contributed by atoms with E-state index in [-0.39, 0.29) is 5.91 Å². The highest BCUT2D eigenvalue weighted by molar-refractivity contribution is 7.14. The highest BCUT2D eigenvalue weighted by atomic mass is 32.1. The first-order valence-electron chi connectivity index (χ1n) is 9.53. The summed E-state index contributed by atoms with van der Waals surface area (Å²) in [6.07, 6.45) is 4.78.